The lowest BCUT2D eigenvalue weighted by atomic mass is 10.1. The maximum Gasteiger partial charge on any atom is 0.254 e. The standard InChI is InChI=1S/C17H19N3O2/c1-13-12-20(10-9-19-13)17(21)14-3-2-4-16(11-14)22-15-5-7-18-8-6-15/h2-8,11,13,19H,9-10,12H2,1H3/t13-/m1/s1. The van der Waals surface area contributed by atoms with Crippen molar-refractivity contribution in [2.75, 3.05) is 19.6 Å². The lowest BCUT2D eigenvalue weighted by Crippen LogP contribution is -2.51. The summed E-state index contributed by atoms with van der Waals surface area (Å²) in [5, 5.41) is 3.34. The molecule has 0 unspecified atom stereocenters. The molecule has 1 atom stereocenters. The van der Waals surface area contributed by atoms with Gasteiger partial charge in [0.1, 0.15) is 11.5 Å². The van der Waals surface area contributed by atoms with E-state index in [1.165, 1.54) is 0 Å². The number of aromatic nitrogens is 1. The van der Waals surface area contributed by atoms with Crippen molar-refractivity contribution < 1.29 is 9.53 Å². The van der Waals surface area contributed by atoms with Crippen LogP contribution in [0.25, 0.3) is 0 Å². The Balaban J connectivity index is 1.74. The number of carbonyl (C=O) groups excluding carboxylic acids is 1. The van der Waals surface area contributed by atoms with Gasteiger partial charge >= 0.3 is 0 Å². The Morgan fingerprint density at radius 1 is 1.27 bits per heavy atom. The number of hydrogen-bond acceptors (Lipinski definition) is 4. The van der Waals surface area contributed by atoms with E-state index in [1.807, 2.05) is 23.1 Å². The topological polar surface area (TPSA) is 54.5 Å². The molecule has 1 amide bonds. The van der Waals surface area contributed by atoms with Gasteiger partial charge in [0.15, 0.2) is 0 Å². The number of ether oxygens (including phenoxy) is 1. The maximum atomic E-state index is 12.6. The monoisotopic (exact) mass is 297 g/mol. The lowest BCUT2D eigenvalue weighted by Gasteiger charge is -2.32. The number of hydrogen-bond donors (Lipinski definition) is 1. The second kappa shape index (κ2) is 6.58. The third kappa shape index (κ3) is 3.43. The first-order chi connectivity index (χ1) is 10.7. The Morgan fingerprint density at radius 2 is 2.09 bits per heavy atom. The van der Waals surface area contributed by atoms with Gasteiger partial charge in [-0.25, -0.2) is 0 Å². The van der Waals surface area contributed by atoms with Crippen molar-refractivity contribution in [1.82, 2.24) is 15.2 Å². The Labute approximate surface area is 129 Å². The molecule has 5 nitrogen and oxygen atoms in total. The van der Waals surface area contributed by atoms with E-state index in [1.54, 1.807) is 30.6 Å². The molecule has 1 aromatic heterocycles. The number of nitrogens with one attached hydrogen (secondary N) is 1. The fraction of sp³-hybridized carbons (Fsp3) is 0.294. The minimum absolute atomic E-state index is 0.0496. The van der Waals surface area contributed by atoms with Crippen molar-refractivity contribution >= 4 is 5.91 Å². The molecule has 0 saturated carbocycles. The first-order valence-corrected chi connectivity index (χ1v) is 7.43. The molecule has 1 aromatic carbocycles. The quantitative estimate of drug-likeness (QED) is 0.944. The molecule has 2 heterocycles. The molecular formula is C17H19N3O2. The molecule has 1 aliphatic rings. The van der Waals surface area contributed by atoms with Gasteiger partial charge in [0.25, 0.3) is 5.91 Å². The Kier molecular flexibility index (Phi) is 4.34. The normalized spacial score (nSPS) is 18.0. The smallest absolute Gasteiger partial charge is 0.254 e. The van der Waals surface area contributed by atoms with Crippen LogP contribution in [0.4, 0.5) is 0 Å². The largest absolute Gasteiger partial charge is 0.457 e. The van der Waals surface area contributed by atoms with Gasteiger partial charge in [0, 0.05) is 43.6 Å². The van der Waals surface area contributed by atoms with Crippen LogP contribution < -0.4 is 10.1 Å². The summed E-state index contributed by atoms with van der Waals surface area (Å²) in [5.74, 6) is 1.41. The number of pyridine rings is 1. The number of carbonyl (C=O) groups is 1. The highest BCUT2D eigenvalue weighted by atomic mass is 16.5. The first-order valence-electron chi connectivity index (χ1n) is 7.43. The van der Waals surface area contributed by atoms with Gasteiger partial charge in [-0.05, 0) is 37.3 Å². The van der Waals surface area contributed by atoms with Crippen LogP contribution in [0.5, 0.6) is 11.5 Å². The summed E-state index contributed by atoms with van der Waals surface area (Å²) >= 11 is 0. The zero-order valence-corrected chi connectivity index (χ0v) is 12.5. The number of rotatable bonds is 3. The number of amides is 1. The number of benzene rings is 1. The van der Waals surface area contributed by atoms with Crippen LogP contribution in [0.2, 0.25) is 0 Å². The van der Waals surface area contributed by atoms with E-state index in [-0.39, 0.29) is 5.91 Å². The molecule has 0 aliphatic carbocycles. The molecule has 0 spiro atoms. The fourth-order valence-electron chi connectivity index (χ4n) is 2.53. The summed E-state index contributed by atoms with van der Waals surface area (Å²) in [6.07, 6.45) is 3.35. The molecule has 5 heteroatoms. The molecular weight excluding hydrogens is 278 g/mol. The van der Waals surface area contributed by atoms with Gasteiger partial charge in [-0.2, -0.15) is 0 Å². The second-order valence-corrected chi connectivity index (χ2v) is 5.42. The van der Waals surface area contributed by atoms with Gasteiger partial charge in [-0.3, -0.25) is 9.78 Å². The Morgan fingerprint density at radius 3 is 2.86 bits per heavy atom. The highest BCUT2D eigenvalue weighted by Gasteiger charge is 2.21. The average Bonchev–Trinajstić information content (AvgIpc) is 2.55. The van der Waals surface area contributed by atoms with Crippen LogP contribution in [0.1, 0.15) is 17.3 Å². The third-order valence-corrected chi connectivity index (χ3v) is 3.62. The highest BCUT2D eigenvalue weighted by molar-refractivity contribution is 5.94. The summed E-state index contributed by atoms with van der Waals surface area (Å²) in [7, 11) is 0. The molecule has 2 aromatic rings. The van der Waals surface area contributed by atoms with E-state index >= 15 is 0 Å². The number of piperazine rings is 1. The van der Waals surface area contributed by atoms with E-state index in [0.717, 1.165) is 19.6 Å². The number of nitrogens with zero attached hydrogens (tertiary/aromatic N) is 2. The summed E-state index contributed by atoms with van der Waals surface area (Å²) in [6, 6.07) is 11.2. The Hall–Kier alpha value is -2.40. The third-order valence-electron chi connectivity index (χ3n) is 3.62. The van der Waals surface area contributed by atoms with E-state index in [9.17, 15) is 4.79 Å². The summed E-state index contributed by atoms with van der Waals surface area (Å²) in [5.41, 5.74) is 0.653. The van der Waals surface area contributed by atoms with E-state index in [2.05, 4.69) is 17.2 Å². The second-order valence-electron chi connectivity index (χ2n) is 5.42. The average molecular weight is 297 g/mol. The van der Waals surface area contributed by atoms with Crippen LogP contribution in [-0.4, -0.2) is 41.5 Å². The van der Waals surface area contributed by atoms with Gasteiger partial charge in [0.2, 0.25) is 0 Å². The lowest BCUT2D eigenvalue weighted by molar-refractivity contribution is 0.0709. The molecule has 0 radical (unpaired) electrons. The summed E-state index contributed by atoms with van der Waals surface area (Å²) < 4.78 is 5.75. The van der Waals surface area contributed by atoms with Crippen molar-refractivity contribution in [3.63, 3.8) is 0 Å². The van der Waals surface area contributed by atoms with Crippen molar-refractivity contribution in [3.8, 4) is 11.5 Å². The van der Waals surface area contributed by atoms with Crippen LogP contribution in [0.15, 0.2) is 48.8 Å². The van der Waals surface area contributed by atoms with Crippen molar-refractivity contribution in [2.24, 2.45) is 0 Å². The molecule has 1 aliphatic heterocycles. The van der Waals surface area contributed by atoms with Gasteiger partial charge in [-0.15, -0.1) is 0 Å². The summed E-state index contributed by atoms with van der Waals surface area (Å²) in [6.45, 7) is 4.38. The van der Waals surface area contributed by atoms with Gasteiger partial charge in [-0.1, -0.05) is 6.07 Å². The molecule has 22 heavy (non-hydrogen) atoms. The molecule has 1 fully saturated rings. The van der Waals surface area contributed by atoms with Crippen LogP contribution >= 0.6 is 0 Å². The van der Waals surface area contributed by atoms with E-state index < -0.39 is 0 Å². The predicted octanol–water partition coefficient (Wildman–Crippen LogP) is 2.31. The molecule has 1 N–H and O–H groups in total. The SMILES string of the molecule is C[C@@H]1CN(C(=O)c2cccc(Oc3ccncc3)c2)CCN1. The van der Waals surface area contributed by atoms with Crippen LogP contribution in [-0.2, 0) is 0 Å². The molecule has 114 valence electrons. The molecule has 0 bridgehead atoms. The van der Waals surface area contributed by atoms with E-state index in [0.29, 0.717) is 23.1 Å². The zero-order chi connectivity index (χ0) is 15.4. The highest BCUT2D eigenvalue weighted by Crippen LogP contribution is 2.22. The van der Waals surface area contributed by atoms with Crippen molar-refractivity contribution in [3.05, 3.63) is 54.4 Å². The summed E-state index contributed by atoms with van der Waals surface area (Å²) in [4.78, 5) is 18.4. The predicted molar refractivity (Wildman–Crippen MR) is 84.1 cm³/mol. The van der Waals surface area contributed by atoms with Crippen molar-refractivity contribution in [1.29, 1.82) is 0 Å². The van der Waals surface area contributed by atoms with Crippen LogP contribution in [0, 0.1) is 0 Å². The van der Waals surface area contributed by atoms with Crippen molar-refractivity contribution in [2.45, 2.75) is 13.0 Å². The Bertz CT molecular complexity index is 645. The van der Waals surface area contributed by atoms with Gasteiger partial charge in [0.05, 0.1) is 0 Å². The van der Waals surface area contributed by atoms with Gasteiger partial charge < -0.3 is 15.0 Å². The molecule has 1 saturated heterocycles. The zero-order valence-electron chi connectivity index (χ0n) is 12.5. The first kappa shape index (κ1) is 14.5. The van der Waals surface area contributed by atoms with Crippen LogP contribution in [0.3, 0.4) is 0 Å². The molecule has 3 rings (SSSR count). The minimum Gasteiger partial charge on any atom is -0.457 e. The minimum atomic E-state index is 0.0496. The fourth-order valence-corrected chi connectivity index (χ4v) is 2.53. The van der Waals surface area contributed by atoms with E-state index in [4.69, 9.17) is 4.74 Å². The maximum absolute atomic E-state index is 12.6.